The molecule has 21 heavy (non-hydrogen) atoms. The van der Waals surface area contributed by atoms with Gasteiger partial charge in [-0.1, -0.05) is 11.6 Å². The molecule has 0 unspecified atom stereocenters. The van der Waals surface area contributed by atoms with Crippen LogP contribution in [-0.4, -0.2) is 33.2 Å². The average molecular weight is 287 g/mol. The van der Waals surface area contributed by atoms with Crippen molar-refractivity contribution in [2.45, 2.75) is 31.8 Å². The second kappa shape index (κ2) is 5.65. The molecule has 0 aliphatic heterocycles. The molecule has 0 saturated heterocycles. The lowest BCUT2D eigenvalue weighted by molar-refractivity contribution is 0.0600. The predicted molar refractivity (Wildman–Crippen MR) is 75.2 cm³/mol. The van der Waals surface area contributed by atoms with Crippen molar-refractivity contribution >= 4 is 5.97 Å². The molecule has 0 amide bonds. The number of carbonyl (C=O) groups is 1. The van der Waals surface area contributed by atoms with Gasteiger partial charge in [-0.15, -0.1) is 5.10 Å². The highest BCUT2D eigenvalue weighted by Gasteiger charge is 2.27. The van der Waals surface area contributed by atoms with Gasteiger partial charge >= 0.3 is 5.97 Å². The zero-order valence-corrected chi connectivity index (χ0v) is 11.8. The van der Waals surface area contributed by atoms with E-state index in [2.05, 4.69) is 15.0 Å². The van der Waals surface area contributed by atoms with Gasteiger partial charge in [0.1, 0.15) is 5.69 Å². The first kappa shape index (κ1) is 13.8. The number of aliphatic hydroxyl groups is 1. The average Bonchev–Trinajstić information content (AvgIpc) is 2.88. The van der Waals surface area contributed by atoms with Crippen LogP contribution < -0.4 is 0 Å². The number of aliphatic hydroxyl groups excluding tert-OH is 1. The van der Waals surface area contributed by atoms with Crippen LogP contribution >= 0.6 is 0 Å². The van der Waals surface area contributed by atoms with Crippen LogP contribution in [0.15, 0.2) is 24.3 Å². The summed E-state index contributed by atoms with van der Waals surface area (Å²) in [5, 5.41) is 17.6. The number of hydrogen-bond acceptors (Lipinski definition) is 5. The van der Waals surface area contributed by atoms with Crippen LogP contribution in [-0.2, 0) is 11.3 Å². The minimum Gasteiger partial charge on any atom is -0.465 e. The summed E-state index contributed by atoms with van der Waals surface area (Å²) >= 11 is 0. The Balaban J connectivity index is 1.96. The quantitative estimate of drug-likeness (QED) is 0.868. The Kier molecular flexibility index (Phi) is 3.70. The molecule has 0 atom stereocenters. The van der Waals surface area contributed by atoms with E-state index in [0.29, 0.717) is 17.2 Å². The van der Waals surface area contributed by atoms with Gasteiger partial charge in [-0.05, 0) is 37.1 Å². The van der Waals surface area contributed by atoms with E-state index in [-0.39, 0.29) is 12.6 Å². The van der Waals surface area contributed by atoms with E-state index in [4.69, 9.17) is 0 Å². The van der Waals surface area contributed by atoms with Crippen LogP contribution in [0.1, 0.15) is 46.9 Å². The summed E-state index contributed by atoms with van der Waals surface area (Å²) in [5.41, 5.74) is 2.94. The molecule has 1 aliphatic carbocycles. The lowest BCUT2D eigenvalue weighted by Gasteiger charge is -2.26. The molecule has 1 aromatic heterocycles. The lowest BCUT2D eigenvalue weighted by Crippen LogP contribution is -2.16. The highest BCUT2D eigenvalue weighted by atomic mass is 16.5. The van der Waals surface area contributed by atoms with Gasteiger partial charge < -0.3 is 9.84 Å². The summed E-state index contributed by atoms with van der Waals surface area (Å²) in [7, 11) is 1.36. The fraction of sp³-hybridized carbons (Fsp3) is 0.400. The van der Waals surface area contributed by atoms with Crippen molar-refractivity contribution in [3.05, 3.63) is 41.2 Å². The maximum absolute atomic E-state index is 11.5. The second-order valence-electron chi connectivity index (χ2n) is 5.16. The van der Waals surface area contributed by atoms with Gasteiger partial charge in [0, 0.05) is 5.92 Å². The standard InChI is InChI=1S/C15H17N3O3/c1-21-15(20)11-5-7-12(8-6-11)18-14(10-3-2-4-10)13(9-19)16-17-18/h5-8,10,19H,2-4,9H2,1H3. The number of esters is 1. The Labute approximate surface area is 122 Å². The largest absolute Gasteiger partial charge is 0.465 e. The molecule has 1 fully saturated rings. The Morgan fingerprint density at radius 1 is 1.38 bits per heavy atom. The smallest absolute Gasteiger partial charge is 0.337 e. The van der Waals surface area contributed by atoms with Crippen molar-refractivity contribution in [3.63, 3.8) is 0 Å². The highest BCUT2D eigenvalue weighted by molar-refractivity contribution is 5.89. The summed E-state index contributed by atoms with van der Waals surface area (Å²) in [4.78, 5) is 11.5. The maximum atomic E-state index is 11.5. The zero-order chi connectivity index (χ0) is 14.8. The number of nitrogens with zero attached hydrogens (tertiary/aromatic N) is 3. The summed E-state index contributed by atoms with van der Waals surface area (Å²) in [6, 6.07) is 7.02. The SMILES string of the molecule is COC(=O)c1ccc(-n2nnc(CO)c2C2CCC2)cc1. The highest BCUT2D eigenvalue weighted by Crippen LogP contribution is 2.38. The number of ether oxygens (including phenoxy) is 1. The number of methoxy groups -OCH3 is 1. The number of carbonyl (C=O) groups excluding carboxylic acids is 1. The number of rotatable bonds is 4. The summed E-state index contributed by atoms with van der Waals surface area (Å²) in [6.07, 6.45) is 3.39. The van der Waals surface area contributed by atoms with Gasteiger partial charge in [0.2, 0.25) is 0 Å². The molecule has 6 nitrogen and oxygen atoms in total. The molecule has 1 saturated carbocycles. The van der Waals surface area contributed by atoms with Crippen LogP contribution in [0.5, 0.6) is 0 Å². The minimum atomic E-state index is -0.365. The molecule has 110 valence electrons. The van der Waals surface area contributed by atoms with Crippen molar-refractivity contribution in [3.8, 4) is 5.69 Å². The van der Waals surface area contributed by atoms with Crippen molar-refractivity contribution in [1.82, 2.24) is 15.0 Å². The third-order valence-electron chi connectivity index (χ3n) is 3.95. The Morgan fingerprint density at radius 2 is 2.10 bits per heavy atom. The number of benzene rings is 1. The van der Waals surface area contributed by atoms with Crippen LogP contribution in [0.4, 0.5) is 0 Å². The van der Waals surface area contributed by atoms with E-state index in [9.17, 15) is 9.90 Å². The summed E-state index contributed by atoms with van der Waals surface area (Å²) in [6.45, 7) is -0.105. The third-order valence-corrected chi connectivity index (χ3v) is 3.95. The molecule has 1 aliphatic rings. The molecule has 0 bridgehead atoms. The van der Waals surface area contributed by atoms with E-state index in [1.165, 1.54) is 13.5 Å². The molecule has 6 heteroatoms. The Hall–Kier alpha value is -2.21. The first-order chi connectivity index (χ1) is 10.2. The lowest BCUT2D eigenvalue weighted by atomic mass is 9.82. The predicted octanol–water partition coefficient (Wildman–Crippen LogP) is 1.81. The molecule has 1 N–H and O–H groups in total. The van der Waals surface area contributed by atoms with Gasteiger partial charge in [-0.2, -0.15) is 0 Å². The third kappa shape index (κ3) is 2.42. The molecule has 0 radical (unpaired) electrons. The molecule has 1 aromatic carbocycles. The van der Waals surface area contributed by atoms with Gasteiger partial charge in [0.05, 0.1) is 30.7 Å². The number of hydrogen-bond donors (Lipinski definition) is 1. The zero-order valence-electron chi connectivity index (χ0n) is 11.8. The maximum Gasteiger partial charge on any atom is 0.337 e. The fourth-order valence-corrected chi connectivity index (χ4v) is 2.57. The van der Waals surface area contributed by atoms with Gasteiger partial charge in [0.25, 0.3) is 0 Å². The van der Waals surface area contributed by atoms with Gasteiger partial charge in [-0.3, -0.25) is 0 Å². The van der Waals surface area contributed by atoms with E-state index in [1.807, 2.05) is 12.1 Å². The Bertz CT molecular complexity index is 645. The second-order valence-corrected chi connectivity index (χ2v) is 5.16. The monoisotopic (exact) mass is 287 g/mol. The van der Waals surface area contributed by atoms with Crippen molar-refractivity contribution in [1.29, 1.82) is 0 Å². The van der Waals surface area contributed by atoms with Crippen LogP contribution in [0, 0.1) is 0 Å². The minimum absolute atomic E-state index is 0.105. The molecule has 3 rings (SSSR count). The first-order valence-electron chi connectivity index (χ1n) is 6.98. The normalized spacial score (nSPS) is 14.8. The summed E-state index contributed by atoms with van der Waals surface area (Å²) < 4.78 is 6.45. The fourth-order valence-electron chi connectivity index (χ4n) is 2.57. The molecule has 0 spiro atoms. The van der Waals surface area contributed by atoms with E-state index >= 15 is 0 Å². The first-order valence-corrected chi connectivity index (χ1v) is 6.98. The van der Waals surface area contributed by atoms with Crippen molar-refractivity contribution in [2.24, 2.45) is 0 Å². The van der Waals surface area contributed by atoms with E-state index in [0.717, 1.165) is 24.2 Å². The van der Waals surface area contributed by atoms with Crippen LogP contribution in [0.2, 0.25) is 0 Å². The van der Waals surface area contributed by atoms with Crippen LogP contribution in [0.25, 0.3) is 5.69 Å². The molecular weight excluding hydrogens is 270 g/mol. The Morgan fingerprint density at radius 3 is 2.62 bits per heavy atom. The van der Waals surface area contributed by atoms with Crippen molar-refractivity contribution in [2.75, 3.05) is 7.11 Å². The van der Waals surface area contributed by atoms with Gasteiger partial charge in [0.15, 0.2) is 0 Å². The number of aromatic nitrogens is 3. The van der Waals surface area contributed by atoms with Crippen LogP contribution in [0.3, 0.4) is 0 Å². The molecule has 2 aromatic rings. The molecular formula is C15H17N3O3. The van der Waals surface area contributed by atoms with E-state index < -0.39 is 0 Å². The topological polar surface area (TPSA) is 77.2 Å². The molecule has 1 heterocycles. The van der Waals surface area contributed by atoms with Crippen molar-refractivity contribution < 1.29 is 14.6 Å². The summed E-state index contributed by atoms with van der Waals surface area (Å²) in [5.74, 6) is 0.0397. The van der Waals surface area contributed by atoms with Gasteiger partial charge in [-0.25, -0.2) is 9.48 Å². The van der Waals surface area contributed by atoms with E-state index in [1.54, 1.807) is 16.8 Å².